The normalized spacial score (nSPS) is 10.3. The lowest BCUT2D eigenvalue weighted by Gasteiger charge is -2.05. The summed E-state index contributed by atoms with van der Waals surface area (Å²) in [5.41, 5.74) is 3.23. The Morgan fingerprint density at radius 3 is 2.50 bits per heavy atom. The highest BCUT2D eigenvalue weighted by Crippen LogP contribution is 2.09. The fourth-order valence-electron chi connectivity index (χ4n) is 1.75. The molecule has 1 heterocycles. The van der Waals surface area contributed by atoms with E-state index in [9.17, 15) is 5.11 Å². The van der Waals surface area contributed by atoms with Crippen molar-refractivity contribution in [3.8, 4) is 0 Å². The number of rotatable bonds is 4. The van der Waals surface area contributed by atoms with Crippen molar-refractivity contribution in [1.82, 2.24) is 4.98 Å². The zero-order valence-electron chi connectivity index (χ0n) is 9.13. The summed E-state index contributed by atoms with van der Waals surface area (Å²) >= 11 is 0. The van der Waals surface area contributed by atoms with E-state index in [2.05, 4.69) is 17.1 Å². The quantitative estimate of drug-likeness (QED) is 0.845. The summed E-state index contributed by atoms with van der Waals surface area (Å²) in [6.45, 7) is 0.0674. The molecule has 0 bridgehead atoms. The molecule has 2 nitrogen and oxygen atoms in total. The first-order chi connectivity index (χ1) is 7.90. The van der Waals surface area contributed by atoms with Crippen LogP contribution >= 0.6 is 0 Å². The molecule has 0 saturated heterocycles. The van der Waals surface area contributed by atoms with Crippen LogP contribution < -0.4 is 0 Å². The van der Waals surface area contributed by atoms with Crippen LogP contribution in [0.25, 0.3) is 0 Å². The van der Waals surface area contributed by atoms with E-state index >= 15 is 0 Å². The summed E-state index contributed by atoms with van der Waals surface area (Å²) in [5.74, 6) is 0. The Morgan fingerprint density at radius 1 is 0.938 bits per heavy atom. The summed E-state index contributed by atoms with van der Waals surface area (Å²) in [6, 6.07) is 14.1. The molecule has 2 rings (SSSR count). The molecule has 1 N–H and O–H groups in total. The summed E-state index contributed by atoms with van der Waals surface area (Å²) in [5, 5.41) is 9.18. The van der Waals surface area contributed by atoms with E-state index in [1.54, 1.807) is 6.20 Å². The molecule has 0 radical (unpaired) electrons. The van der Waals surface area contributed by atoms with Crippen LogP contribution in [-0.4, -0.2) is 10.1 Å². The SMILES string of the molecule is OCc1cccnc1CCc1ccccc1. The first-order valence-electron chi connectivity index (χ1n) is 5.47. The van der Waals surface area contributed by atoms with Crippen LogP contribution in [0.5, 0.6) is 0 Å². The number of pyridine rings is 1. The molecule has 0 aliphatic carbocycles. The lowest BCUT2D eigenvalue weighted by Crippen LogP contribution is -1.99. The molecule has 0 unspecified atom stereocenters. The van der Waals surface area contributed by atoms with Crippen molar-refractivity contribution in [3.05, 3.63) is 65.5 Å². The van der Waals surface area contributed by atoms with Gasteiger partial charge in [0, 0.05) is 11.9 Å². The maximum Gasteiger partial charge on any atom is 0.0699 e. The van der Waals surface area contributed by atoms with E-state index in [0.29, 0.717) is 0 Å². The second-order valence-electron chi connectivity index (χ2n) is 3.75. The minimum atomic E-state index is 0.0674. The zero-order valence-corrected chi connectivity index (χ0v) is 9.13. The highest BCUT2D eigenvalue weighted by molar-refractivity contribution is 5.21. The number of hydrogen-bond acceptors (Lipinski definition) is 2. The molecule has 82 valence electrons. The standard InChI is InChI=1S/C14H15NO/c16-11-13-7-4-10-15-14(13)9-8-12-5-2-1-3-6-12/h1-7,10,16H,8-9,11H2. The Labute approximate surface area is 95.6 Å². The van der Waals surface area contributed by atoms with Crippen molar-refractivity contribution in [2.75, 3.05) is 0 Å². The van der Waals surface area contributed by atoms with Gasteiger partial charge in [0.25, 0.3) is 0 Å². The maximum atomic E-state index is 9.18. The van der Waals surface area contributed by atoms with Gasteiger partial charge in [0.2, 0.25) is 0 Å². The van der Waals surface area contributed by atoms with Crippen molar-refractivity contribution in [1.29, 1.82) is 0 Å². The molecule has 0 aliphatic rings. The fraction of sp³-hybridized carbons (Fsp3) is 0.214. The van der Waals surface area contributed by atoms with Gasteiger partial charge < -0.3 is 5.11 Å². The molecule has 0 atom stereocenters. The van der Waals surface area contributed by atoms with Gasteiger partial charge >= 0.3 is 0 Å². The maximum absolute atomic E-state index is 9.18. The summed E-state index contributed by atoms with van der Waals surface area (Å²) in [7, 11) is 0. The minimum absolute atomic E-state index is 0.0674. The summed E-state index contributed by atoms with van der Waals surface area (Å²) in [6.07, 6.45) is 3.62. The van der Waals surface area contributed by atoms with Gasteiger partial charge in [-0.2, -0.15) is 0 Å². The van der Waals surface area contributed by atoms with Gasteiger partial charge in [0.1, 0.15) is 0 Å². The third kappa shape index (κ3) is 2.67. The van der Waals surface area contributed by atoms with Crippen LogP contribution in [0.3, 0.4) is 0 Å². The van der Waals surface area contributed by atoms with Crippen LogP contribution in [0, 0.1) is 0 Å². The Bertz CT molecular complexity index is 439. The van der Waals surface area contributed by atoms with Crippen molar-refractivity contribution in [2.45, 2.75) is 19.4 Å². The molecule has 0 fully saturated rings. The number of aromatic nitrogens is 1. The molecular weight excluding hydrogens is 198 g/mol. The first-order valence-corrected chi connectivity index (χ1v) is 5.47. The van der Waals surface area contributed by atoms with Gasteiger partial charge in [-0.25, -0.2) is 0 Å². The van der Waals surface area contributed by atoms with E-state index in [1.807, 2.05) is 30.3 Å². The molecule has 0 aliphatic heterocycles. The van der Waals surface area contributed by atoms with E-state index in [4.69, 9.17) is 0 Å². The van der Waals surface area contributed by atoms with Crippen LogP contribution in [0.1, 0.15) is 16.8 Å². The monoisotopic (exact) mass is 213 g/mol. The third-order valence-electron chi connectivity index (χ3n) is 2.65. The smallest absolute Gasteiger partial charge is 0.0699 e. The van der Waals surface area contributed by atoms with Gasteiger partial charge in [0.05, 0.1) is 6.61 Å². The second kappa shape index (κ2) is 5.42. The van der Waals surface area contributed by atoms with E-state index in [0.717, 1.165) is 24.1 Å². The lowest BCUT2D eigenvalue weighted by molar-refractivity contribution is 0.280. The molecule has 0 amide bonds. The van der Waals surface area contributed by atoms with Crippen LogP contribution in [0.4, 0.5) is 0 Å². The molecule has 16 heavy (non-hydrogen) atoms. The molecule has 1 aromatic carbocycles. The second-order valence-corrected chi connectivity index (χ2v) is 3.75. The van der Waals surface area contributed by atoms with E-state index < -0.39 is 0 Å². The van der Waals surface area contributed by atoms with Gasteiger partial charge in [-0.05, 0) is 30.0 Å². The zero-order chi connectivity index (χ0) is 11.2. The van der Waals surface area contributed by atoms with E-state index in [-0.39, 0.29) is 6.61 Å². The Balaban J connectivity index is 2.05. The lowest BCUT2D eigenvalue weighted by atomic mass is 10.1. The number of hydrogen-bond donors (Lipinski definition) is 1. The van der Waals surface area contributed by atoms with Crippen molar-refractivity contribution < 1.29 is 5.11 Å². The molecule has 2 heteroatoms. The largest absolute Gasteiger partial charge is 0.392 e. The fourth-order valence-corrected chi connectivity index (χ4v) is 1.75. The Morgan fingerprint density at radius 2 is 1.75 bits per heavy atom. The predicted octanol–water partition coefficient (Wildman–Crippen LogP) is 2.36. The molecule has 0 spiro atoms. The van der Waals surface area contributed by atoms with Gasteiger partial charge in [0.15, 0.2) is 0 Å². The highest BCUT2D eigenvalue weighted by atomic mass is 16.3. The summed E-state index contributed by atoms with van der Waals surface area (Å²) < 4.78 is 0. The number of benzene rings is 1. The number of aryl methyl sites for hydroxylation is 2. The number of aliphatic hydroxyl groups is 1. The van der Waals surface area contributed by atoms with Crippen molar-refractivity contribution >= 4 is 0 Å². The summed E-state index contributed by atoms with van der Waals surface area (Å²) in [4.78, 5) is 4.30. The number of nitrogens with zero attached hydrogens (tertiary/aromatic N) is 1. The highest BCUT2D eigenvalue weighted by Gasteiger charge is 2.02. The Hall–Kier alpha value is -1.67. The van der Waals surface area contributed by atoms with Crippen LogP contribution in [0.2, 0.25) is 0 Å². The predicted molar refractivity (Wildman–Crippen MR) is 64.0 cm³/mol. The van der Waals surface area contributed by atoms with Gasteiger partial charge in [-0.1, -0.05) is 36.4 Å². The Kier molecular flexibility index (Phi) is 3.67. The first kappa shape index (κ1) is 10.8. The molecular formula is C14H15NO. The minimum Gasteiger partial charge on any atom is -0.392 e. The third-order valence-corrected chi connectivity index (χ3v) is 2.65. The van der Waals surface area contributed by atoms with Gasteiger partial charge in [-0.15, -0.1) is 0 Å². The van der Waals surface area contributed by atoms with Gasteiger partial charge in [-0.3, -0.25) is 4.98 Å². The molecule has 1 aromatic heterocycles. The van der Waals surface area contributed by atoms with Crippen molar-refractivity contribution in [2.24, 2.45) is 0 Å². The van der Waals surface area contributed by atoms with Crippen LogP contribution in [0.15, 0.2) is 48.7 Å². The average molecular weight is 213 g/mol. The van der Waals surface area contributed by atoms with E-state index in [1.165, 1.54) is 5.56 Å². The average Bonchev–Trinajstić information content (AvgIpc) is 2.38. The molecule has 2 aromatic rings. The van der Waals surface area contributed by atoms with Crippen LogP contribution in [-0.2, 0) is 19.4 Å². The van der Waals surface area contributed by atoms with Crippen molar-refractivity contribution in [3.63, 3.8) is 0 Å². The topological polar surface area (TPSA) is 33.1 Å². The molecule has 0 saturated carbocycles. The number of aliphatic hydroxyl groups excluding tert-OH is 1.